The molecule has 0 bridgehead atoms. The van der Waals surface area contributed by atoms with Gasteiger partial charge in [0.2, 0.25) is 0 Å². The van der Waals surface area contributed by atoms with E-state index in [1.54, 1.807) is 0 Å². The third-order valence-electron chi connectivity index (χ3n) is 3.83. The minimum absolute atomic E-state index is 0.126. The molecule has 0 aliphatic rings. The molecule has 1 aromatic carbocycles. The van der Waals surface area contributed by atoms with Crippen LogP contribution in [0.15, 0.2) is 36.5 Å². The summed E-state index contributed by atoms with van der Waals surface area (Å²) in [5, 5.41) is 8.02. The van der Waals surface area contributed by atoms with Crippen LogP contribution in [0.1, 0.15) is 57.0 Å². The molecular weight excluding hydrogens is 258 g/mol. The van der Waals surface area contributed by atoms with Gasteiger partial charge in [-0.3, -0.25) is 4.68 Å². The summed E-state index contributed by atoms with van der Waals surface area (Å²) in [7, 11) is 2.01. The summed E-state index contributed by atoms with van der Waals surface area (Å²) < 4.78 is 1.97. The quantitative estimate of drug-likeness (QED) is 0.905. The van der Waals surface area contributed by atoms with E-state index in [-0.39, 0.29) is 11.5 Å². The molecule has 2 aromatic rings. The Hall–Kier alpha value is -1.61. The van der Waals surface area contributed by atoms with Crippen LogP contribution in [0.25, 0.3) is 0 Å². The van der Waals surface area contributed by atoms with E-state index in [1.807, 2.05) is 17.9 Å². The van der Waals surface area contributed by atoms with Gasteiger partial charge in [-0.1, -0.05) is 52.0 Å². The number of nitrogens with one attached hydrogen (secondary N) is 1. The monoisotopic (exact) mass is 285 g/mol. The summed E-state index contributed by atoms with van der Waals surface area (Å²) in [5.41, 5.74) is 4.07. The van der Waals surface area contributed by atoms with Crippen LogP contribution in [0.5, 0.6) is 0 Å². The van der Waals surface area contributed by atoms with Crippen molar-refractivity contribution in [1.82, 2.24) is 15.1 Å². The molecule has 0 saturated carbocycles. The van der Waals surface area contributed by atoms with E-state index in [1.165, 1.54) is 16.8 Å². The molecule has 0 spiro atoms. The van der Waals surface area contributed by atoms with Crippen molar-refractivity contribution >= 4 is 0 Å². The average molecular weight is 285 g/mol. The molecule has 0 radical (unpaired) electrons. The molecule has 1 heterocycles. The maximum atomic E-state index is 4.34. The lowest BCUT2D eigenvalue weighted by Crippen LogP contribution is -2.28. The number of aryl methyl sites for hydroxylation is 1. The van der Waals surface area contributed by atoms with Crippen LogP contribution < -0.4 is 5.32 Å². The molecule has 3 heteroatoms. The van der Waals surface area contributed by atoms with Gasteiger partial charge in [0.15, 0.2) is 0 Å². The summed E-state index contributed by atoms with van der Waals surface area (Å²) in [6.45, 7) is 10.0. The standard InChI is InChI=1S/C18H27N3/c1-6-12-19-17(16-11-13-20-21(16)5)14-9-7-8-10-15(14)18(2,3)4/h7-11,13,17,19H,6,12H2,1-5H3. The second kappa shape index (κ2) is 6.44. The first-order chi connectivity index (χ1) is 9.95. The van der Waals surface area contributed by atoms with E-state index in [0.29, 0.717) is 0 Å². The highest BCUT2D eigenvalue weighted by Gasteiger charge is 2.24. The second-order valence-corrected chi connectivity index (χ2v) is 6.60. The van der Waals surface area contributed by atoms with Gasteiger partial charge >= 0.3 is 0 Å². The van der Waals surface area contributed by atoms with Gasteiger partial charge in [0.1, 0.15) is 0 Å². The highest BCUT2D eigenvalue weighted by atomic mass is 15.3. The lowest BCUT2D eigenvalue weighted by atomic mass is 9.81. The van der Waals surface area contributed by atoms with Crippen molar-refractivity contribution in [2.75, 3.05) is 6.54 Å². The normalized spacial score (nSPS) is 13.4. The van der Waals surface area contributed by atoms with E-state index in [9.17, 15) is 0 Å². The third kappa shape index (κ3) is 3.53. The van der Waals surface area contributed by atoms with Crippen LogP contribution in [0.3, 0.4) is 0 Å². The van der Waals surface area contributed by atoms with Gasteiger partial charge in [-0.25, -0.2) is 0 Å². The van der Waals surface area contributed by atoms with Crippen LogP contribution in [-0.4, -0.2) is 16.3 Å². The zero-order chi connectivity index (χ0) is 15.5. The molecule has 0 saturated heterocycles. The average Bonchev–Trinajstić information content (AvgIpc) is 2.85. The molecule has 1 aromatic heterocycles. The molecule has 1 unspecified atom stereocenters. The predicted molar refractivity (Wildman–Crippen MR) is 88.5 cm³/mol. The first-order valence-electron chi connectivity index (χ1n) is 7.76. The SMILES string of the molecule is CCCNC(c1ccccc1C(C)(C)C)c1ccnn1C. The number of rotatable bonds is 5. The Labute approximate surface area is 128 Å². The van der Waals surface area contributed by atoms with Crippen LogP contribution in [0.2, 0.25) is 0 Å². The third-order valence-corrected chi connectivity index (χ3v) is 3.83. The van der Waals surface area contributed by atoms with Gasteiger partial charge in [0, 0.05) is 13.2 Å². The van der Waals surface area contributed by atoms with Gasteiger partial charge in [0.25, 0.3) is 0 Å². The van der Waals surface area contributed by atoms with Crippen molar-refractivity contribution in [3.05, 3.63) is 53.3 Å². The van der Waals surface area contributed by atoms with E-state index >= 15 is 0 Å². The minimum Gasteiger partial charge on any atom is -0.305 e. The minimum atomic E-state index is 0.126. The Kier molecular flexibility index (Phi) is 4.84. The summed E-state index contributed by atoms with van der Waals surface area (Å²) in [4.78, 5) is 0. The molecule has 1 N–H and O–H groups in total. The Morgan fingerprint density at radius 3 is 2.48 bits per heavy atom. The fraction of sp³-hybridized carbons (Fsp3) is 0.500. The Morgan fingerprint density at radius 1 is 1.19 bits per heavy atom. The lowest BCUT2D eigenvalue weighted by molar-refractivity contribution is 0.526. The number of aromatic nitrogens is 2. The molecule has 0 aliphatic carbocycles. The van der Waals surface area contributed by atoms with Gasteiger partial charge in [0.05, 0.1) is 11.7 Å². The molecule has 3 nitrogen and oxygen atoms in total. The van der Waals surface area contributed by atoms with Crippen LogP contribution in [-0.2, 0) is 12.5 Å². The first kappa shape index (κ1) is 15.8. The van der Waals surface area contributed by atoms with E-state index in [0.717, 1.165) is 13.0 Å². The van der Waals surface area contributed by atoms with E-state index in [2.05, 4.69) is 68.4 Å². The smallest absolute Gasteiger partial charge is 0.0751 e. The van der Waals surface area contributed by atoms with Crippen LogP contribution in [0, 0.1) is 0 Å². The molecule has 21 heavy (non-hydrogen) atoms. The van der Waals surface area contributed by atoms with Crippen LogP contribution in [0.4, 0.5) is 0 Å². The highest BCUT2D eigenvalue weighted by Crippen LogP contribution is 2.32. The highest BCUT2D eigenvalue weighted by molar-refractivity contribution is 5.39. The van der Waals surface area contributed by atoms with E-state index in [4.69, 9.17) is 0 Å². The van der Waals surface area contributed by atoms with Crippen LogP contribution >= 0.6 is 0 Å². The Balaban J connectivity index is 2.50. The van der Waals surface area contributed by atoms with E-state index < -0.39 is 0 Å². The summed E-state index contributed by atoms with van der Waals surface area (Å²) in [6.07, 6.45) is 2.99. The molecule has 2 rings (SSSR count). The summed E-state index contributed by atoms with van der Waals surface area (Å²) >= 11 is 0. The van der Waals surface area contributed by atoms with Crippen molar-refractivity contribution in [2.45, 2.75) is 45.6 Å². The molecule has 0 fully saturated rings. The fourth-order valence-electron chi connectivity index (χ4n) is 2.76. The number of hydrogen-bond acceptors (Lipinski definition) is 2. The van der Waals surface area contributed by atoms with Gasteiger partial charge in [-0.05, 0) is 35.6 Å². The Bertz CT molecular complexity index is 578. The number of benzene rings is 1. The van der Waals surface area contributed by atoms with Gasteiger partial charge in [-0.15, -0.1) is 0 Å². The number of hydrogen-bond donors (Lipinski definition) is 1. The summed E-state index contributed by atoms with van der Waals surface area (Å²) in [5.74, 6) is 0. The van der Waals surface area contributed by atoms with Crippen molar-refractivity contribution < 1.29 is 0 Å². The molecule has 114 valence electrons. The largest absolute Gasteiger partial charge is 0.305 e. The topological polar surface area (TPSA) is 29.9 Å². The second-order valence-electron chi connectivity index (χ2n) is 6.60. The van der Waals surface area contributed by atoms with Crippen molar-refractivity contribution in [3.8, 4) is 0 Å². The molecular formula is C18H27N3. The Morgan fingerprint density at radius 2 is 1.90 bits per heavy atom. The maximum absolute atomic E-state index is 4.34. The fourth-order valence-corrected chi connectivity index (χ4v) is 2.76. The summed E-state index contributed by atoms with van der Waals surface area (Å²) in [6, 6.07) is 11.0. The zero-order valence-electron chi connectivity index (χ0n) is 13.9. The molecule has 1 atom stereocenters. The number of nitrogens with zero attached hydrogens (tertiary/aromatic N) is 2. The lowest BCUT2D eigenvalue weighted by Gasteiger charge is -2.28. The first-order valence-corrected chi connectivity index (χ1v) is 7.76. The maximum Gasteiger partial charge on any atom is 0.0751 e. The predicted octanol–water partition coefficient (Wildman–Crippen LogP) is 3.81. The van der Waals surface area contributed by atoms with Crippen molar-refractivity contribution in [2.24, 2.45) is 7.05 Å². The molecule has 0 amide bonds. The van der Waals surface area contributed by atoms with Crippen molar-refractivity contribution in [3.63, 3.8) is 0 Å². The molecule has 0 aliphatic heterocycles. The van der Waals surface area contributed by atoms with Crippen molar-refractivity contribution in [1.29, 1.82) is 0 Å². The van der Waals surface area contributed by atoms with Gasteiger partial charge < -0.3 is 5.32 Å². The zero-order valence-corrected chi connectivity index (χ0v) is 13.9. The van der Waals surface area contributed by atoms with Gasteiger partial charge in [-0.2, -0.15) is 5.10 Å².